The van der Waals surface area contributed by atoms with E-state index in [1.165, 1.54) is 0 Å². The van der Waals surface area contributed by atoms with Gasteiger partial charge in [-0.15, -0.1) is 10.2 Å². The summed E-state index contributed by atoms with van der Waals surface area (Å²) in [5.74, 6) is 2.01. The van der Waals surface area contributed by atoms with E-state index in [2.05, 4.69) is 26.2 Å². The molecule has 0 saturated carbocycles. The maximum Gasteiger partial charge on any atom is 0.135 e. The first-order chi connectivity index (χ1) is 14.7. The molecule has 1 fully saturated rings. The second-order valence-electron chi connectivity index (χ2n) is 7.32. The van der Waals surface area contributed by atoms with Crippen LogP contribution in [-0.4, -0.2) is 51.2 Å². The van der Waals surface area contributed by atoms with Crippen molar-refractivity contribution in [1.29, 1.82) is 5.26 Å². The Morgan fingerprint density at radius 1 is 1.23 bits per heavy atom. The number of rotatable bonds is 6. The van der Waals surface area contributed by atoms with Crippen LogP contribution in [0, 0.1) is 11.3 Å². The van der Waals surface area contributed by atoms with Gasteiger partial charge in [0.1, 0.15) is 30.6 Å². The van der Waals surface area contributed by atoms with Gasteiger partial charge in [0, 0.05) is 49.6 Å². The molecule has 3 heterocycles. The maximum absolute atomic E-state index is 9.79. The topological polar surface area (TPSA) is 100 Å². The normalized spacial score (nSPS) is 14.5. The number of hydrogen-bond acceptors (Lipinski definition) is 7. The summed E-state index contributed by atoms with van der Waals surface area (Å²) < 4.78 is 7.71. The molecule has 0 bridgehead atoms. The fourth-order valence-corrected chi connectivity index (χ4v) is 4.08. The highest BCUT2D eigenvalue weighted by atomic mass is 16.5. The third-order valence-corrected chi connectivity index (χ3v) is 5.50. The summed E-state index contributed by atoms with van der Waals surface area (Å²) in [5.41, 5.74) is 3.25. The predicted molar refractivity (Wildman–Crippen MR) is 112 cm³/mol. The molecule has 1 aromatic carbocycles. The highest BCUT2D eigenvalue weighted by Gasteiger charge is 2.27. The summed E-state index contributed by atoms with van der Waals surface area (Å²) in [7, 11) is 1.97. The van der Waals surface area contributed by atoms with Crippen LogP contribution in [0.15, 0.2) is 43.0 Å². The number of anilines is 1. The van der Waals surface area contributed by atoms with Gasteiger partial charge >= 0.3 is 0 Å². The van der Waals surface area contributed by atoms with Gasteiger partial charge in [-0.3, -0.25) is 4.98 Å². The molecule has 1 aliphatic rings. The van der Waals surface area contributed by atoms with Crippen molar-refractivity contribution in [1.82, 2.24) is 19.7 Å². The molecule has 2 aromatic heterocycles. The number of pyridine rings is 1. The minimum atomic E-state index is -0.0670. The van der Waals surface area contributed by atoms with Gasteiger partial charge in [-0.1, -0.05) is 12.1 Å². The van der Waals surface area contributed by atoms with E-state index in [-0.39, 0.29) is 13.2 Å². The van der Waals surface area contributed by atoms with Crippen LogP contribution in [-0.2, 0) is 7.05 Å². The van der Waals surface area contributed by atoms with E-state index in [0.29, 0.717) is 17.2 Å². The van der Waals surface area contributed by atoms with Crippen molar-refractivity contribution >= 4 is 5.69 Å². The quantitative estimate of drug-likeness (QED) is 0.674. The molecule has 0 radical (unpaired) electrons. The van der Waals surface area contributed by atoms with Gasteiger partial charge in [-0.25, -0.2) is 0 Å². The molecular formula is C22H24N6O2. The molecule has 1 N–H and O–H groups in total. The molecule has 0 aliphatic carbocycles. The summed E-state index contributed by atoms with van der Waals surface area (Å²) in [6.45, 7) is 1.77. The fraction of sp³-hybridized carbons (Fsp3) is 0.364. The third kappa shape index (κ3) is 3.84. The van der Waals surface area contributed by atoms with Crippen LogP contribution >= 0.6 is 0 Å². The number of aliphatic hydroxyl groups is 1. The minimum Gasteiger partial charge on any atom is -0.490 e. The first kappa shape index (κ1) is 19.9. The number of aliphatic hydroxyl groups excluding tert-OH is 1. The number of ether oxygens (including phenoxy) is 1. The second-order valence-corrected chi connectivity index (χ2v) is 7.32. The average molecular weight is 404 g/mol. The van der Waals surface area contributed by atoms with Crippen molar-refractivity contribution in [2.75, 3.05) is 31.2 Å². The van der Waals surface area contributed by atoms with Crippen LogP contribution in [0.5, 0.6) is 5.75 Å². The van der Waals surface area contributed by atoms with Gasteiger partial charge in [0.2, 0.25) is 0 Å². The summed E-state index contributed by atoms with van der Waals surface area (Å²) in [6.07, 6.45) is 7.02. The largest absolute Gasteiger partial charge is 0.490 e. The Labute approximate surface area is 175 Å². The van der Waals surface area contributed by atoms with Crippen molar-refractivity contribution in [3.63, 3.8) is 0 Å². The number of aromatic nitrogens is 4. The van der Waals surface area contributed by atoms with Crippen molar-refractivity contribution < 1.29 is 9.84 Å². The molecule has 4 rings (SSSR count). The Bertz CT molecular complexity index is 1050. The van der Waals surface area contributed by atoms with Gasteiger partial charge in [0.05, 0.1) is 17.9 Å². The molecule has 8 heteroatoms. The van der Waals surface area contributed by atoms with E-state index >= 15 is 0 Å². The van der Waals surface area contributed by atoms with E-state index in [1.54, 1.807) is 24.8 Å². The maximum atomic E-state index is 9.79. The minimum absolute atomic E-state index is 0.0670. The van der Waals surface area contributed by atoms with E-state index in [4.69, 9.17) is 9.84 Å². The van der Waals surface area contributed by atoms with Crippen molar-refractivity contribution in [3.05, 3.63) is 54.4 Å². The van der Waals surface area contributed by atoms with E-state index < -0.39 is 0 Å². The molecular weight excluding hydrogens is 380 g/mol. The zero-order valence-electron chi connectivity index (χ0n) is 16.9. The lowest BCUT2D eigenvalue weighted by atomic mass is 9.93. The lowest BCUT2D eigenvalue weighted by molar-refractivity contribution is 0.202. The van der Waals surface area contributed by atoms with Gasteiger partial charge < -0.3 is 19.3 Å². The highest BCUT2D eigenvalue weighted by Crippen LogP contribution is 2.40. The van der Waals surface area contributed by atoms with E-state index in [1.807, 2.05) is 29.8 Å². The Kier molecular flexibility index (Phi) is 5.91. The molecule has 1 saturated heterocycles. The molecule has 8 nitrogen and oxygen atoms in total. The van der Waals surface area contributed by atoms with Crippen LogP contribution in [0.3, 0.4) is 0 Å². The molecule has 154 valence electrons. The zero-order valence-corrected chi connectivity index (χ0v) is 16.9. The molecule has 3 aromatic rings. The molecule has 0 spiro atoms. The standard InChI is InChI=1S/C22H24N6O2/c1-27-15-25-26-22(27)16-6-9-28(10-7-16)21-17(13-23)3-2-4-18(21)19-14-24-8-5-20(19)30-12-11-29/h2-5,8,14-16,29H,6-7,9-12H2,1H3. The number of hydrogen-bond donors (Lipinski definition) is 1. The Morgan fingerprint density at radius 3 is 2.77 bits per heavy atom. The molecule has 0 atom stereocenters. The Hall–Kier alpha value is -3.44. The first-order valence-electron chi connectivity index (χ1n) is 10.0. The molecule has 1 aliphatic heterocycles. The van der Waals surface area contributed by atoms with Gasteiger partial charge in [0.15, 0.2) is 0 Å². The highest BCUT2D eigenvalue weighted by molar-refractivity contribution is 5.85. The van der Waals surface area contributed by atoms with Crippen LogP contribution in [0.1, 0.15) is 30.1 Å². The number of para-hydroxylation sites is 1. The monoisotopic (exact) mass is 404 g/mol. The second kappa shape index (κ2) is 8.93. The van der Waals surface area contributed by atoms with Gasteiger partial charge in [-0.05, 0) is 25.0 Å². The van der Waals surface area contributed by atoms with E-state index in [0.717, 1.165) is 48.6 Å². The summed E-state index contributed by atoms with van der Waals surface area (Å²) in [4.78, 5) is 6.53. The summed E-state index contributed by atoms with van der Waals surface area (Å²) in [6, 6.07) is 9.85. The summed E-state index contributed by atoms with van der Waals surface area (Å²) >= 11 is 0. The molecule has 30 heavy (non-hydrogen) atoms. The van der Waals surface area contributed by atoms with Crippen molar-refractivity contribution in [3.8, 4) is 22.9 Å². The number of nitrogens with zero attached hydrogens (tertiary/aromatic N) is 6. The fourth-order valence-electron chi connectivity index (χ4n) is 4.08. The van der Waals surface area contributed by atoms with Gasteiger partial charge in [-0.2, -0.15) is 5.26 Å². The number of nitriles is 1. The smallest absolute Gasteiger partial charge is 0.135 e. The SMILES string of the molecule is Cn1cnnc1C1CCN(c2c(C#N)cccc2-c2cnccc2OCCO)CC1. The third-order valence-electron chi connectivity index (χ3n) is 5.50. The van der Waals surface area contributed by atoms with Crippen LogP contribution < -0.4 is 9.64 Å². The lowest BCUT2D eigenvalue weighted by Crippen LogP contribution is -2.34. The number of benzene rings is 1. The lowest BCUT2D eigenvalue weighted by Gasteiger charge is -2.35. The average Bonchev–Trinajstić information content (AvgIpc) is 3.23. The first-order valence-corrected chi connectivity index (χ1v) is 10.0. The van der Waals surface area contributed by atoms with Crippen molar-refractivity contribution in [2.45, 2.75) is 18.8 Å². The predicted octanol–water partition coefficient (Wildman–Crippen LogP) is 2.50. The molecule has 0 unspecified atom stereocenters. The van der Waals surface area contributed by atoms with Gasteiger partial charge in [0.25, 0.3) is 0 Å². The summed E-state index contributed by atoms with van der Waals surface area (Å²) in [5, 5.41) is 27.2. The zero-order chi connectivity index (χ0) is 20.9. The van der Waals surface area contributed by atoms with Crippen LogP contribution in [0.25, 0.3) is 11.1 Å². The Balaban J connectivity index is 1.67. The van der Waals surface area contributed by atoms with Crippen LogP contribution in [0.2, 0.25) is 0 Å². The molecule has 0 amide bonds. The van der Waals surface area contributed by atoms with Crippen LogP contribution in [0.4, 0.5) is 5.69 Å². The Morgan fingerprint density at radius 2 is 2.07 bits per heavy atom. The van der Waals surface area contributed by atoms with Crippen molar-refractivity contribution in [2.24, 2.45) is 7.05 Å². The number of piperidine rings is 1. The van der Waals surface area contributed by atoms with E-state index in [9.17, 15) is 5.26 Å². The number of aryl methyl sites for hydroxylation is 1.